The van der Waals surface area contributed by atoms with Crippen molar-refractivity contribution in [2.75, 3.05) is 18.4 Å². The first-order chi connectivity index (χ1) is 8.76. The molecule has 0 aliphatic heterocycles. The fraction of sp³-hybridized carbons (Fsp3) is 0.286. The Kier molecular flexibility index (Phi) is 3.77. The van der Waals surface area contributed by atoms with Gasteiger partial charge in [0.1, 0.15) is 5.69 Å². The molecule has 0 radical (unpaired) electrons. The molecule has 0 saturated carbocycles. The summed E-state index contributed by atoms with van der Waals surface area (Å²) in [7, 11) is 0. The SMILES string of the molecule is CCNC(=O)c1cc(NCC)c2ccccc2n1. The predicted molar refractivity (Wildman–Crippen MR) is 73.9 cm³/mol. The second kappa shape index (κ2) is 5.49. The molecule has 0 aliphatic carbocycles. The number of benzene rings is 1. The fourth-order valence-corrected chi connectivity index (χ4v) is 1.88. The molecule has 2 aromatic rings. The lowest BCUT2D eigenvalue weighted by Crippen LogP contribution is -2.23. The summed E-state index contributed by atoms with van der Waals surface area (Å²) < 4.78 is 0. The Morgan fingerprint density at radius 3 is 2.72 bits per heavy atom. The van der Waals surface area contributed by atoms with Crippen LogP contribution in [0.4, 0.5) is 5.69 Å². The highest BCUT2D eigenvalue weighted by Crippen LogP contribution is 2.22. The van der Waals surface area contributed by atoms with E-state index in [1.54, 1.807) is 6.07 Å². The average Bonchev–Trinajstić information content (AvgIpc) is 2.39. The molecule has 0 saturated heterocycles. The van der Waals surface area contributed by atoms with Crippen LogP contribution in [-0.2, 0) is 0 Å². The van der Waals surface area contributed by atoms with Crippen molar-refractivity contribution in [3.63, 3.8) is 0 Å². The number of anilines is 1. The molecule has 4 heteroatoms. The molecular formula is C14H17N3O. The second-order valence-electron chi connectivity index (χ2n) is 3.96. The van der Waals surface area contributed by atoms with Gasteiger partial charge in [0.25, 0.3) is 5.91 Å². The minimum absolute atomic E-state index is 0.137. The number of carbonyl (C=O) groups excluding carboxylic acids is 1. The van der Waals surface area contributed by atoms with E-state index in [1.807, 2.05) is 38.1 Å². The lowest BCUT2D eigenvalue weighted by atomic mass is 10.1. The lowest BCUT2D eigenvalue weighted by Gasteiger charge is -2.10. The van der Waals surface area contributed by atoms with Gasteiger partial charge in [-0.2, -0.15) is 0 Å². The normalized spacial score (nSPS) is 10.3. The molecule has 1 aromatic carbocycles. The summed E-state index contributed by atoms with van der Waals surface area (Å²) in [6, 6.07) is 9.61. The summed E-state index contributed by atoms with van der Waals surface area (Å²) in [6.07, 6.45) is 0. The molecule has 2 N–H and O–H groups in total. The molecular weight excluding hydrogens is 226 g/mol. The Hall–Kier alpha value is -2.10. The van der Waals surface area contributed by atoms with Gasteiger partial charge in [-0.15, -0.1) is 0 Å². The monoisotopic (exact) mass is 243 g/mol. The zero-order valence-electron chi connectivity index (χ0n) is 10.7. The van der Waals surface area contributed by atoms with Gasteiger partial charge in [0.2, 0.25) is 0 Å². The number of pyridine rings is 1. The van der Waals surface area contributed by atoms with E-state index in [0.29, 0.717) is 12.2 Å². The van der Waals surface area contributed by atoms with Crippen molar-refractivity contribution < 1.29 is 4.79 Å². The van der Waals surface area contributed by atoms with Gasteiger partial charge in [0.15, 0.2) is 0 Å². The van der Waals surface area contributed by atoms with Gasteiger partial charge in [-0.25, -0.2) is 4.98 Å². The van der Waals surface area contributed by atoms with E-state index in [9.17, 15) is 4.79 Å². The van der Waals surface area contributed by atoms with E-state index in [1.165, 1.54) is 0 Å². The minimum atomic E-state index is -0.137. The van der Waals surface area contributed by atoms with E-state index >= 15 is 0 Å². The quantitative estimate of drug-likeness (QED) is 0.867. The third kappa shape index (κ3) is 2.42. The van der Waals surface area contributed by atoms with Gasteiger partial charge in [0, 0.05) is 24.2 Å². The standard InChI is InChI=1S/C14H17N3O/c1-3-15-12-9-13(14(18)16-4-2)17-11-8-6-5-7-10(11)12/h5-9H,3-4H2,1-2H3,(H,15,17)(H,16,18). The van der Waals surface area contributed by atoms with E-state index in [4.69, 9.17) is 0 Å². The summed E-state index contributed by atoms with van der Waals surface area (Å²) in [5.74, 6) is -0.137. The highest BCUT2D eigenvalue weighted by Gasteiger charge is 2.10. The van der Waals surface area contributed by atoms with E-state index < -0.39 is 0 Å². The molecule has 1 heterocycles. The topological polar surface area (TPSA) is 54.0 Å². The largest absolute Gasteiger partial charge is 0.385 e. The Morgan fingerprint density at radius 1 is 1.22 bits per heavy atom. The number of aromatic nitrogens is 1. The number of hydrogen-bond acceptors (Lipinski definition) is 3. The van der Waals surface area contributed by atoms with Gasteiger partial charge >= 0.3 is 0 Å². The second-order valence-corrected chi connectivity index (χ2v) is 3.96. The smallest absolute Gasteiger partial charge is 0.269 e. The zero-order chi connectivity index (χ0) is 13.0. The van der Waals surface area contributed by atoms with Gasteiger partial charge in [-0.1, -0.05) is 18.2 Å². The summed E-state index contributed by atoms with van der Waals surface area (Å²) in [5, 5.41) is 7.07. The molecule has 0 fully saturated rings. The Morgan fingerprint density at radius 2 is 2.00 bits per heavy atom. The third-order valence-electron chi connectivity index (χ3n) is 2.65. The fourth-order valence-electron chi connectivity index (χ4n) is 1.88. The average molecular weight is 243 g/mol. The molecule has 94 valence electrons. The molecule has 0 spiro atoms. The van der Waals surface area contributed by atoms with Crippen LogP contribution in [-0.4, -0.2) is 24.0 Å². The van der Waals surface area contributed by atoms with Crippen LogP contribution >= 0.6 is 0 Å². The maximum absolute atomic E-state index is 11.8. The first-order valence-corrected chi connectivity index (χ1v) is 6.18. The zero-order valence-corrected chi connectivity index (χ0v) is 10.7. The van der Waals surface area contributed by atoms with Gasteiger partial charge in [-0.05, 0) is 26.0 Å². The van der Waals surface area contributed by atoms with E-state index in [0.717, 1.165) is 23.1 Å². The molecule has 0 unspecified atom stereocenters. The van der Waals surface area contributed by atoms with Crippen molar-refractivity contribution in [1.29, 1.82) is 0 Å². The summed E-state index contributed by atoms with van der Waals surface area (Å²) in [6.45, 7) is 5.33. The van der Waals surface area contributed by atoms with Crippen LogP contribution in [0.2, 0.25) is 0 Å². The van der Waals surface area contributed by atoms with Gasteiger partial charge in [0.05, 0.1) is 5.52 Å². The highest BCUT2D eigenvalue weighted by molar-refractivity contribution is 5.99. The van der Waals surface area contributed by atoms with Crippen LogP contribution in [0.1, 0.15) is 24.3 Å². The maximum Gasteiger partial charge on any atom is 0.269 e. The third-order valence-corrected chi connectivity index (χ3v) is 2.65. The van der Waals surface area contributed by atoms with Crippen molar-refractivity contribution in [1.82, 2.24) is 10.3 Å². The van der Waals surface area contributed by atoms with Crippen molar-refractivity contribution in [3.8, 4) is 0 Å². The van der Waals surface area contributed by atoms with Crippen LogP contribution in [0.25, 0.3) is 10.9 Å². The predicted octanol–water partition coefficient (Wildman–Crippen LogP) is 2.42. The number of para-hydroxylation sites is 1. The molecule has 1 amide bonds. The lowest BCUT2D eigenvalue weighted by molar-refractivity contribution is 0.0951. The molecule has 4 nitrogen and oxygen atoms in total. The number of carbonyl (C=O) groups is 1. The molecule has 2 rings (SSSR count). The number of nitrogens with zero attached hydrogens (tertiary/aromatic N) is 1. The molecule has 1 aromatic heterocycles. The van der Waals surface area contributed by atoms with Gasteiger partial charge < -0.3 is 10.6 Å². The molecule has 0 bridgehead atoms. The summed E-state index contributed by atoms with van der Waals surface area (Å²) in [4.78, 5) is 16.2. The van der Waals surface area contributed by atoms with Gasteiger partial charge in [-0.3, -0.25) is 4.79 Å². The molecule has 0 atom stereocenters. The number of amides is 1. The van der Waals surface area contributed by atoms with Crippen LogP contribution in [0.5, 0.6) is 0 Å². The summed E-state index contributed by atoms with van der Waals surface area (Å²) in [5.41, 5.74) is 2.23. The highest BCUT2D eigenvalue weighted by atomic mass is 16.1. The number of fused-ring (bicyclic) bond motifs is 1. The molecule has 18 heavy (non-hydrogen) atoms. The Balaban J connectivity index is 2.53. The number of hydrogen-bond donors (Lipinski definition) is 2. The Bertz CT molecular complexity index is 566. The van der Waals surface area contributed by atoms with Crippen molar-refractivity contribution in [2.24, 2.45) is 0 Å². The first kappa shape index (κ1) is 12.4. The van der Waals surface area contributed by atoms with Crippen LogP contribution in [0, 0.1) is 0 Å². The van der Waals surface area contributed by atoms with Crippen molar-refractivity contribution in [2.45, 2.75) is 13.8 Å². The van der Waals surface area contributed by atoms with Crippen molar-refractivity contribution in [3.05, 3.63) is 36.0 Å². The summed E-state index contributed by atoms with van der Waals surface area (Å²) >= 11 is 0. The molecule has 0 aliphatic rings. The van der Waals surface area contributed by atoms with E-state index in [2.05, 4.69) is 15.6 Å². The van der Waals surface area contributed by atoms with Crippen LogP contribution in [0.15, 0.2) is 30.3 Å². The number of rotatable bonds is 4. The maximum atomic E-state index is 11.8. The minimum Gasteiger partial charge on any atom is -0.385 e. The van der Waals surface area contributed by atoms with E-state index in [-0.39, 0.29) is 5.91 Å². The van der Waals surface area contributed by atoms with Crippen LogP contribution < -0.4 is 10.6 Å². The van der Waals surface area contributed by atoms with Crippen molar-refractivity contribution >= 4 is 22.5 Å². The van der Waals surface area contributed by atoms with Crippen LogP contribution in [0.3, 0.4) is 0 Å². The Labute approximate surface area is 106 Å². The first-order valence-electron chi connectivity index (χ1n) is 6.18. The number of nitrogens with one attached hydrogen (secondary N) is 2.